The van der Waals surface area contributed by atoms with Crippen molar-refractivity contribution in [2.75, 3.05) is 24.7 Å². The topological polar surface area (TPSA) is 78.5 Å². The van der Waals surface area contributed by atoms with Gasteiger partial charge in [-0.2, -0.15) is 0 Å². The predicted molar refractivity (Wildman–Crippen MR) is 108 cm³/mol. The van der Waals surface area contributed by atoms with Gasteiger partial charge in [-0.15, -0.1) is 0 Å². The van der Waals surface area contributed by atoms with Crippen molar-refractivity contribution in [1.29, 1.82) is 0 Å². The van der Waals surface area contributed by atoms with Gasteiger partial charge in [0.15, 0.2) is 9.84 Å². The van der Waals surface area contributed by atoms with Gasteiger partial charge in [-0.05, 0) is 35.4 Å². The molecule has 27 heavy (non-hydrogen) atoms. The van der Waals surface area contributed by atoms with Crippen molar-refractivity contribution >= 4 is 33.2 Å². The highest BCUT2D eigenvalue weighted by molar-refractivity contribution is 7.91. The van der Waals surface area contributed by atoms with Crippen LogP contribution in [0, 0.1) is 0 Å². The lowest BCUT2D eigenvalue weighted by Gasteiger charge is -2.37. The molecule has 0 radical (unpaired) electrons. The summed E-state index contributed by atoms with van der Waals surface area (Å²) in [5.41, 5.74) is 2.74. The van der Waals surface area contributed by atoms with E-state index >= 15 is 0 Å². The minimum absolute atomic E-state index is 0.247. The highest BCUT2D eigenvalue weighted by Gasteiger charge is 2.34. The van der Waals surface area contributed by atoms with E-state index in [1.165, 1.54) is 6.26 Å². The molecule has 0 bridgehead atoms. The van der Waals surface area contributed by atoms with Crippen molar-refractivity contribution in [2.24, 2.45) is 0 Å². The molecule has 0 aliphatic carbocycles. The molecular formula is C19H22ClN3O3S. The number of urea groups is 1. The largest absolute Gasteiger partial charge is 0.334 e. The van der Waals surface area contributed by atoms with Crippen LogP contribution in [0.15, 0.2) is 48.5 Å². The molecule has 144 valence electrons. The van der Waals surface area contributed by atoms with Gasteiger partial charge in [-0.25, -0.2) is 13.2 Å². The second-order valence-corrected chi connectivity index (χ2v) is 9.54. The molecule has 0 saturated carbocycles. The van der Waals surface area contributed by atoms with E-state index in [0.29, 0.717) is 36.9 Å². The number of nitrogens with one attached hydrogen (secondary N) is 2. The number of anilines is 1. The Labute approximate surface area is 164 Å². The zero-order valence-electron chi connectivity index (χ0n) is 15.0. The van der Waals surface area contributed by atoms with Crippen LogP contribution in [0.25, 0.3) is 0 Å². The average Bonchev–Trinajstić information content (AvgIpc) is 2.57. The maximum atomic E-state index is 12.0. The summed E-state index contributed by atoms with van der Waals surface area (Å²) in [6.45, 7) is 2.27. The average molecular weight is 408 g/mol. The van der Waals surface area contributed by atoms with E-state index in [-0.39, 0.29) is 11.3 Å². The minimum Gasteiger partial charge on any atom is -0.334 e. The first kappa shape index (κ1) is 19.7. The normalized spacial score (nSPS) is 15.2. The SMILES string of the molecule is CS(=O)(=O)C1CN(Cc2ccc(NC(=O)NCc3ccc(Cl)cc3)cc2)C1. The number of benzene rings is 2. The van der Waals surface area contributed by atoms with E-state index in [1.54, 1.807) is 12.1 Å². The molecule has 1 aliphatic heterocycles. The quantitative estimate of drug-likeness (QED) is 0.771. The third kappa shape index (κ3) is 5.69. The third-order valence-corrected chi connectivity index (χ3v) is 6.27. The van der Waals surface area contributed by atoms with Crippen LogP contribution < -0.4 is 10.6 Å². The van der Waals surface area contributed by atoms with E-state index in [2.05, 4.69) is 15.5 Å². The Morgan fingerprint density at radius 3 is 2.26 bits per heavy atom. The zero-order valence-corrected chi connectivity index (χ0v) is 16.6. The summed E-state index contributed by atoms with van der Waals surface area (Å²) in [6.07, 6.45) is 1.29. The first-order chi connectivity index (χ1) is 12.8. The molecule has 1 heterocycles. The van der Waals surface area contributed by atoms with Gasteiger partial charge < -0.3 is 10.6 Å². The number of amides is 2. The van der Waals surface area contributed by atoms with Gasteiger partial charge in [0.05, 0.1) is 5.25 Å². The standard InChI is InChI=1S/C19H22ClN3O3S/c1-27(25,26)18-12-23(13-18)11-15-4-8-17(9-5-15)22-19(24)21-10-14-2-6-16(20)7-3-14/h2-9,18H,10-13H2,1H3,(H2,21,22,24). The number of carbonyl (C=O) groups excluding carboxylic acids is 1. The van der Waals surface area contributed by atoms with Crippen LogP contribution >= 0.6 is 11.6 Å². The number of hydrogen-bond donors (Lipinski definition) is 2. The second kappa shape index (κ2) is 8.29. The molecule has 8 heteroatoms. The lowest BCUT2D eigenvalue weighted by atomic mass is 10.1. The first-order valence-corrected chi connectivity index (χ1v) is 10.9. The molecular weight excluding hydrogens is 386 g/mol. The Morgan fingerprint density at radius 1 is 1.07 bits per heavy atom. The predicted octanol–water partition coefficient (Wildman–Crippen LogP) is 2.89. The first-order valence-electron chi connectivity index (χ1n) is 8.59. The zero-order chi connectivity index (χ0) is 19.4. The fourth-order valence-corrected chi connectivity index (χ4v) is 3.92. The Bertz CT molecular complexity index is 893. The summed E-state index contributed by atoms with van der Waals surface area (Å²) < 4.78 is 22.9. The van der Waals surface area contributed by atoms with E-state index in [0.717, 1.165) is 11.1 Å². The fourth-order valence-electron chi connectivity index (χ4n) is 2.83. The van der Waals surface area contributed by atoms with Gasteiger partial charge in [0, 0.05) is 43.1 Å². The number of rotatable bonds is 6. The molecule has 3 rings (SSSR count). The lowest BCUT2D eigenvalue weighted by molar-refractivity contribution is 0.176. The molecule has 0 aromatic heterocycles. The maximum absolute atomic E-state index is 12.0. The van der Waals surface area contributed by atoms with Gasteiger partial charge in [0.1, 0.15) is 0 Å². The van der Waals surface area contributed by atoms with Crippen molar-refractivity contribution in [2.45, 2.75) is 18.3 Å². The number of carbonyl (C=O) groups is 1. The third-order valence-electron chi connectivity index (χ3n) is 4.51. The summed E-state index contributed by atoms with van der Waals surface area (Å²) in [7, 11) is -2.94. The number of halogens is 1. The molecule has 0 spiro atoms. The molecule has 1 saturated heterocycles. The molecule has 2 N–H and O–H groups in total. The van der Waals surface area contributed by atoms with Crippen LogP contribution in [0.4, 0.5) is 10.5 Å². The number of hydrogen-bond acceptors (Lipinski definition) is 4. The fraction of sp³-hybridized carbons (Fsp3) is 0.316. The van der Waals surface area contributed by atoms with E-state index < -0.39 is 9.84 Å². The summed E-state index contributed by atoms with van der Waals surface area (Å²) in [4.78, 5) is 14.1. The smallest absolute Gasteiger partial charge is 0.319 e. The van der Waals surface area contributed by atoms with Gasteiger partial charge >= 0.3 is 6.03 Å². The van der Waals surface area contributed by atoms with Gasteiger partial charge in [-0.3, -0.25) is 4.90 Å². The summed E-state index contributed by atoms with van der Waals surface area (Å²) in [5.74, 6) is 0. The molecule has 2 aromatic rings. The van der Waals surface area contributed by atoms with Crippen LogP contribution in [0.5, 0.6) is 0 Å². The van der Waals surface area contributed by atoms with E-state index in [4.69, 9.17) is 11.6 Å². The molecule has 1 fully saturated rings. The molecule has 0 unspecified atom stereocenters. The highest BCUT2D eigenvalue weighted by Crippen LogP contribution is 2.19. The number of sulfone groups is 1. The second-order valence-electron chi connectivity index (χ2n) is 6.78. The monoisotopic (exact) mass is 407 g/mol. The van der Waals surface area contributed by atoms with Gasteiger partial charge in [0.25, 0.3) is 0 Å². The van der Waals surface area contributed by atoms with Crippen molar-refractivity contribution in [3.63, 3.8) is 0 Å². The Kier molecular flexibility index (Phi) is 6.04. The molecule has 1 aliphatic rings. The van der Waals surface area contributed by atoms with Crippen molar-refractivity contribution in [3.8, 4) is 0 Å². The molecule has 2 aromatic carbocycles. The van der Waals surface area contributed by atoms with Crippen LogP contribution in [0.3, 0.4) is 0 Å². The van der Waals surface area contributed by atoms with Gasteiger partial charge in [-0.1, -0.05) is 35.9 Å². The van der Waals surface area contributed by atoms with Crippen molar-refractivity contribution < 1.29 is 13.2 Å². The van der Waals surface area contributed by atoms with Crippen LogP contribution in [0.1, 0.15) is 11.1 Å². The highest BCUT2D eigenvalue weighted by atomic mass is 35.5. The molecule has 6 nitrogen and oxygen atoms in total. The summed E-state index contributed by atoms with van der Waals surface area (Å²) in [6, 6.07) is 14.6. The maximum Gasteiger partial charge on any atom is 0.319 e. The van der Waals surface area contributed by atoms with Crippen molar-refractivity contribution in [3.05, 3.63) is 64.7 Å². The molecule has 0 atom stereocenters. The Morgan fingerprint density at radius 2 is 1.67 bits per heavy atom. The van der Waals surface area contributed by atoms with Crippen LogP contribution in [0.2, 0.25) is 5.02 Å². The van der Waals surface area contributed by atoms with Crippen LogP contribution in [-0.4, -0.2) is 43.9 Å². The van der Waals surface area contributed by atoms with Crippen molar-refractivity contribution in [1.82, 2.24) is 10.2 Å². The minimum atomic E-state index is -2.94. The summed E-state index contributed by atoms with van der Waals surface area (Å²) in [5, 5.41) is 6.00. The molecule has 2 amide bonds. The van der Waals surface area contributed by atoms with Crippen LogP contribution in [-0.2, 0) is 22.9 Å². The van der Waals surface area contributed by atoms with E-state index in [1.807, 2.05) is 36.4 Å². The lowest BCUT2D eigenvalue weighted by Crippen LogP contribution is -2.53. The van der Waals surface area contributed by atoms with Gasteiger partial charge in [0.2, 0.25) is 0 Å². The number of nitrogens with zero attached hydrogens (tertiary/aromatic N) is 1. The Hall–Kier alpha value is -2.09. The number of likely N-dealkylation sites (tertiary alicyclic amines) is 1. The summed E-state index contributed by atoms with van der Waals surface area (Å²) >= 11 is 5.84. The van der Waals surface area contributed by atoms with E-state index in [9.17, 15) is 13.2 Å². The Balaban J connectivity index is 1.43.